The van der Waals surface area contributed by atoms with Crippen LogP contribution in [-0.2, 0) is 22.6 Å². The molecule has 4 rings (SSSR count). The zero-order chi connectivity index (χ0) is 21.6. The van der Waals surface area contributed by atoms with Crippen LogP contribution in [0.4, 0.5) is 11.4 Å². The molecule has 0 fully saturated rings. The van der Waals surface area contributed by atoms with E-state index in [1.54, 1.807) is 18.2 Å². The van der Waals surface area contributed by atoms with E-state index in [0.29, 0.717) is 5.69 Å². The molecule has 1 aliphatic rings. The Morgan fingerprint density at radius 3 is 2.61 bits per heavy atom. The van der Waals surface area contributed by atoms with Crippen LogP contribution in [0.15, 0.2) is 54.6 Å². The summed E-state index contributed by atoms with van der Waals surface area (Å²) in [5, 5.41) is 14.4. The monoisotopic (exact) mass is 415 g/mol. The highest BCUT2D eigenvalue weighted by atomic mass is 16.2. The van der Waals surface area contributed by atoms with E-state index in [4.69, 9.17) is 0 Å². The molecular formula is C24H25N5O2. The highest BCUT2D eigenvalue weighted by Crippen LogP contribution is 2.25. The third-order valence-electron chi connectivity index (χ3n) is 5.16. The second kappa shape index (κ2) is 9.38. The second-order valence-corrected chi connectivity index (χ2v) is 7.61. The van der Waals surface area contributed by atoms with Gasteiger partial charge in [-0.1, -0.05) is 30.7 Å². The van der Waals surface area contributed by atoms with Gasteiger partial charge in [-0.15, -0.1) is 10.2 Å². The first-order chi connectivity index (χ1) is 15.1. The summed E-state index contributed by atoms with van der Waals surface area (Å²) in [6.45, 7) is 2.39. The number of carbonyl (C=O) groups is 2. The topological polar surface area (TPSA) is 88.9 Å². The van der Waals surface area contributed by atoms with Gasteiger partial charge in [-0.05, 0) is 48.7 Å². The molecule has 158 valence electrons. The van der Waals surface area contributed by atoms with Crippen molar-refractivity contribution in [3.05, 3.63) is 66.0 Å². The standard InChI is InChI=1S/C24H25N5O2/c1-17(30)25-20-12-9-18(10-13-20)11-14-23(31)26-21-7-5-6-19(16-21)24-28-27-22-8-3-2-4-15-29(22)24/h5-7,9-14,16H,2-4,8,15H2,1H3,(H,25,30)(H,26,31)/b14-11+. The molecule has 0 aliphatic carbocycles. The Bertz CT molecular complexity index is 1120. The molecule has 1 aliphatic heterocycles. The molecule has 7 nitrogen and oxygen atoms in total. The molecule has 3 aromatic rings. The van der Waals surface area contributed by atoms with E-state index in [-0.39, 0.29) is 11.8 Å². The largest absolute Gasteiger partial charge is 0.326 e. The normalized spacial score (nSPS) is 13.5. The SMILES string of the molecule is CC(=O)Nc1ccc(/C=C/C(=O)Nc2cccc(-c3nnc4n3CCCCC4)c2)cc1. The Labute approximate surface area is 181 Å². The number of nitrogens with one attached hydrogen (secondary N) is 2. The van der Waals surface area contributed by atoms with Gasteiger partial charge in [0.05, 0.1) is 0 Å². The highest BCUT2D eigenvalue weighted by Gasteiger charge is 2.16. The lowest BCUT2D eigenvalue weighted by Gasteiger charge is -2.09. The molecule has 2 heterocycles. The van der Waals surface area contributed by atoms with E-state index in [1.807, 2.05) is 36.4 Å². The van der Waals surface area contributed by atoms with Crippen LogP contribution in [0, 0.1) is 0 Å². The average Bonchev–Trinajstić information content (AvgIpc) is 3.01. The highest BCUT2D eigenvalue weighted by molar-refractivity contribution is 6.02. The molecule has 0 saturated carbocycles. The van der Waals surface area contributed by atoms with Gasteiger partial charge >= 0.3 is 0 Å². The molecule has 0 spiro atoms. The minimum atomic E-state index is -0.219. The number of benzene rings is 2. The number of rotatable bonds is 5. The lowest BCUT2D eigenvalue weighted by atomic mass is 10.1. The molecule has 0 unspecified atom stereocenters. The Morgan fingerprint density at radius 1 is 0.968 bits per heavy atom. The molecule has 0 radical (unpaired) electrons. The maximum absolute atomic E-state index is 12.4. The summed E-state index contributed by atoms with van der Waals surface area (Å²) in [6, 6.07) is 15.0. The van der Waals surface area contributed by atoms with Crippen molar-refractivity contribution in [1.82, 2.24) is 14.8 Å². The summed E-state index contributed by atoms with van der Waals surface area (Å²) in [4.78, 5) is 23.5. The fraction of sp³-hybridized carbons (Fsp3) is 0.250. The van der Waals surface area contributed by atoms with Gasteiger partial charge in [0.15, 0.2) is 5.82 Å². The van der Waals surface area contributed by atoms with Gasteiger partial charge in [-0.2, -0.15) is 0 Å². The van der Waals surface area contributed by atoms with Crippen LogP contribution in [0.3, 0.4) is 0 Å². The van der Waals surface area contributed by atoms with Crippen LogP contribution in [0.2, 0.25) is 0 Å². The average molecular weight is 415 g/mol. The number of nitrogens with zero attached hydrogens (tertiary/aromatic N) is 3. The van der Waals surface area contributed by atoms with E-state index in [9.17, 15) is 9.59 Å². The van der Waals surface area contributed by atoms with Gasteiger partial charge < -0.3 is 15.2 Å². The van der Waals surface area contributed by atoms with Crippen molar-refractivity contribution in [2.45, 2.75) is 39.2 Å². The molecule has 1 aromatic heterocycles. The fourth-order valence-electron chi connectivity index (χ4n) is 3.67. The van der Waals surface area contributed by atoms with Crippen LogP contribution >= 0.6 is 0 Å². The summed E-state index contributed by atoms with van der Waals surface area (Å²) in [5.41, 5.74) is 3.23. The van der Waals surface area contributed by atoms with Gasteiger partial charge in [0.25, 0.3) is 0 Å². The van der Waals surface area contributed by atoms with Crippen molar-refractivity contribution in [2.24, 2.45) is 0 Å². The summed E-state index contributed by atoms with van der Waals surface area (Å²) >= 11 is 0. The van der Waals surface area contributed by atoms with Crippen molar-refractivity contribution in [2.75, 3.05) is 10.6 Å². The lowest BCUT2D eigenvalue weighted by Crippen LogP contribution is -2.08. The maximum atomic E-state index is 12.4. The third-order valence-corrected chi connectivity index (χ3v) is 5.16. The lowest BCUT2D eigenvalue weighted by molar-refractivity contribution is -0.114. The number of hydrogen-bond acceptors (Lipinski definition) is 4. The Kier molecular flexibility index (Phi) is 6.21. The van der Waals surface area contributed by atoms with Gasteiger partial charge in [-0.3, -0.25) is 9.59 Å². The molecule has 0 bridgehead atoms. The smallest absolute Gasteiger partial charge is 0.248 e. The molecule has 0 saturated heterocycles. The predicted octanol–water partition coefficient (Wildman–Crippen LogP) is 4.28. The van der Waals surface area contributed by atoms with Crippen LogP contribution in [0.1, 0.15) is 37.6 Å². The van der Waals surface area contributed by atoms with Crippen molar-refractivity contribution in [1.29, 1.82) is 0 Å². The number of fused-ring (bicyclic) bond motifs is 1. The Morgan fingerprint density at radius 2 is 1.81 bits per heavy atom. The number of hydrogen-bond donors (Lipinski definition) is 2. The van der Waals surface area contributed by atoms with Crippen molar-refractivity contribution in [3.63, 3.8) is 0 Å². The predicted molar refractivity (Wildman–Crippen MR) is 121 cm³/mol. The molecule has 2 N–H and O–H groups in total. The number of amides is 2. The Balaban J connectivity index is 1.43. The van der Waals surface area contributed by atoms with Crippen LogP contribution in [0.5, 0.6) is 0 Å². The molecule has 2 amide bonds. The number of aryl methyl sites for hydroxylation is 1. The summed E-state index contributed by atoms with van der Waals surface area (Å²) in [7, 11) is 0. The first-order valence-corrected chi connectivity index (χ1v) is 10.5. The number of anilines is 2. The minimum absolute atomic E-state index is 0.118. The van der Waals surface area contributed by atoms with E-state index in [2.05, 4.69) is 25.4 Å². The minimum Gasteiger partial charge on any atom is -0.326 e. The van der Waals surface area contributed by atoms with Gasteiger partial charge in [0.1, 0.15) is 5.82 Å². The van der Waals surface area contributed by atoms with Crippen molar-refractivity contribution in [3.8, 4) is 11.4 Å². The second-order valence-electron chi connectivity index (χ2n) is 7.61. The van der Waals surface area contributed by atoms with Crippen LogP contribution in [-0.4, -0.2) is 26.6 Å². The first-order valence-electron chi connectivity index (χ1n) is 10.5. The van der Waals surface area contributed by atoms with E-state index in [1.165, 1.54) is 19.4 Å². The number of carbonyl (C=O) groups excluding carboxylic acids is 2. The summed E-state index contributed by atoms with van der Waals surface area (Å²) < 4.78 is 2.19. The molecular weight excluding hydrogens is 390 g/mol. The fourth-order valence-corrected chi connectivity index (χ4v) is 3.67. The van der Waals surface area contributed by atoms with Gasteiger partial charge in [0.2, 0.25) is 11.8 Å². The number of aromatic nitrogens is 3. The quantitative estimate of drug-likeness (QED) is 0.609. The van der Waals surface area contributed by atoms with Crippen molar-refractivity contribution < 1.29 is 9.59 Å². The van der Waals surface area contributed by atoms with Crippen LogP contribution < -0.4 is 10.6 Å². The van der Waals surface area contributed by atoms with Crippen molar-refractivity contribution >= 4 is 29.3 Å². The zero-order valence-electron chi connectivity index (χ0n) is 17.5. The molecule has 31 heavy (non-hydrogen) atoms. The van der Waals surface area contributed by atoms with E-state index >= 15 is 0 Å². The Hall–Kier alpha value is -3.74. The van der Waals surface area contributed by atoms with Gasteiger partial charge in [0, 0.05) is 42.9 Å². The summed E-state index contributed by atoms with van der Waals surface area (Å²) in [6.07, 6.45) is 7.67. The van der Waals surface area contributed by atoms with E-state index < -0.39 is 0 Å². The van der Waals surface area contributed by atoms with Gasteiger partial charge in [-0.25, -0.2) is 0 Å². The molecule has 2 aromatic carbocycles. The third kappa shape index (κ3) is 5.25. The molecule has 7 heteroatoms. The summed E-state index contributed by atoms with van der Waals surface area (Å²) in [5.74, 6) is 1.55. The maximum Gasteiger partial charge on any atom is 0.248 e. The molecule has 0 atom stereocenters. The van der Waals surface area contributed by atoms with Crippen LogP contribution in [0.25, 0.3) is 17.5 Å². The first kappa shape index (κ1) is 20.5. The zero-order valence-corrected chi connectivity index (χ0v) is 17.5. The van der Waals surface area contributed by atoms with E-state index in [0.717, 1.165) is 54.3 Å².